The lowest BCUT2D eigenvalue weighted by atomic mass is 10.2. The SMILES string of the molecule is C[C@H](NC(=O)[C@@H]1CCCN1)C(=O)O.Cl. The first kappa shape index (κ1) is 13.2. The molecule has 1 fully saturated rings. The zero-order valence-electron chi connectivity index (χ0n) is 7.95. The average Bonchev–Trinajstić information content (AvgIpc) is 2.55. The standard InChI is InChI=1S/C8H14N2O3.ClH/c1-5(8(12)13)10-7(11)6-3-2-4-9-6;/h5-6,9H,2-4H2,1H3,(H,10,11)(H,12,13);1H/t5-,6-;/m0./s1. The summed E-state index contributed by atoms with van der Waals surface area (Å²) in [6.45, 7) is 2.29. The van der Waals surface area contributed by atoms with E-state index >= 15 is 0 Å². The van der Waals surface area contributed by atoms with Crippen molar-refractivity contribution in [2.24, 2.45) is 0 Å². The fourth-order valence-electron chi connectivity index (χ4n) is 1.28. The minimum atomic E-state index is -1.01. The van der Waals surface area contributed by atoms with Gasteiger partial charge in [0, 0.05) is 0 Å². The van der Waals surface area contributed by atoms with Gasteiger partial charge in [0.1, 0.15) is 6.04 Å². The van der Waals surface area contributed by atoms with Crippen molar-refractivity contribution in [3.05, 3.63) is 0 Å². The third kappa shape index (κ3) is 3.51. The number of carbonyl (C=O) groups excluding carboxylic acids is 1. The van der Waals surface area contributed by atoms with Gasteiger partial charge in [-0.3, -0.25) is 9.59 Å². The molecule has 0 bridgehead atoms. The Labute approximate surface area is 88.7 Å². The van der Waals surface area contributed by atoms with E-state index in [4.69, 9.17) is 5.11 Å². The highest BCUT2D eigenvalue weighted by molar-refractivity contribution is 5.86. The maximum Gasteiger partial charge on any atom is 0.325 e. The van der Waals surface area contributed by atoms with E-state index in [1.165, 1.54) is 6.92 Å². The zero-order valence-corrected chi connectivity index (χ0v) is 8.76. The van der Waals surface area contributed by atoms with Crippen molar-refractivity contribution in [2.75, 3.05) is 6.54 Å². The summed E-state index contributed by atoms with van der Waals surface area (Å²) in [5.41, 5.74) is 0. The second kappa shape index (κ2) is 5.82. The minimum absolute atomic E-state index is 0. The molecule has 0 spiro atoms. The molecular formula is C8H15ClN2O3. The summed E-state index contributed by atoms with van der Waals surface area (Å²) in [5.74, 6) is -1.22. The van der Waals surface area contributed by atoms with E-state index in [1.54, 1.807) is 0 Å². The quantitative estimate of drug-likeness (QED) is 0.616. The Bertz CT molecular complexity index is 217. The highest BCUT2D eigenvalue weighted by atomic mass is 35.5. The van der Waals surface area contributed by atoms with Crippen molar-refractivity contribution in [1.29, 1.82) is 0 Å². The van der Waals surface area contributed by atoms with Gasteiger partial charge in [-0.15, -0.1) is 12.4 Å². The maximum atomic E-state index is 11.3. The van der Waals surface area contributed by atoms with Crippen LogP contribution >= 0.6 is 12.4 Å². The fourth-order valence-corrected chi connectivity index (χ4v) is 1.28. The molecule has 82 valence electrons. The molecule has 1 saturated heterocycles. The molecule has 5 nitrogen and oxygen atoms in total. The van der Waals surface area contributed by atoms with Crippen LogP contribution in [0.3, 0.4) is 0 Å². The molecule has 0 aromatic carbocycles. The van der Waals surface area contributed by atoms with Crippen molar-refractivity contribution in [2.45, 2.75) is 31.8 Å². The van der Waals surface area contributed by atoms with E-state index in [0.717, 1.165) is 19.4 Å². The van der Waals surface area contributed by atoms with Gasteiger partial charge in [-0.25, -0.2) is 0 Å². The van der Waals surface area contributed by atoms with E-state index in [-0.39, 0.29) is 24.4 Å². The molecule has 2 atom stereocenters. The first-order valence-electron chi connectivity index (χ1n) is 4.38. The predicted molar refractivity (Wildman–Crippen MR) is 53.5 cm³/mol. The molecule has 14 heavy (non-hydrogen) atoms. The lowest BCUT2D eigenvalue weighted by molar-refractivity contribution is -0.141. The van der Waals surface area contributed by atoms with Gasteiger partial charge in [0.15, 0.2) is 0 Å². The summed E-state index contributed by atoms with van der Waals surface area (Å²) in [6, 6.07) is -1.02. The number of carboxylic acid groups (broad SMARTS) is 1. The molecule has 0 aromatic heterocycles. The molecule has 1 heterocycles. The number of hydrogen-bond donors (Lipinski definition) is 3. The zero-order chi connectivity index (χ0) is 9.84. The lowest BCUT2D eigenvalue weighted by Crippen LogP contribution is -2.46. The van der Waals surface area contributed by atoms with Crippen LogP contribution in [0.25, 0.3) is 0 Å². The summed E-state index contributed by atoms with van der Waals surface area (Å²) >= 11 is 0. The van der Waals surface area contributed by atoms with Gasteiger partial charge in [-0.05, 0) is 26.3 Å². The highest BCUT2D eigenvalue weighted by Crippen LogP contribution is 2.04. The van der Waals surface area contributed by atoms with Crippen LogP contribution in [0.2, 0.25) is 0 Å². The molecule has 1 rings (SSSR count). The topological polar surface area (TPSA) is 78.4 Å². The lowest BCUT2D eigenvalue weighted by Gasteiger charge is -2.13. The Morgan fingerprint density at radius 2 is 2.21 bits per heavy atom. The predicted octanol–water partition coefficient (Wildman–Crippen LogP) is -0.250. The Morgan fingerprint density at radius 3 is 2.64 bits per heavy atom. The second-order valence-electron chi connectivity index (χ2n) is 3.22. The van der Waals surface area contributed by atoms with Crippen molar-refractivity contribution >= 4 is 24.3 Å². The summed E-state index contributed by atoms with van der Waals surface area (Å²) in [6.07, 6.45) is 1.76. The van der Waals surface area contributed by atoms with Crippen molar-refractivity contribution < 1.29 is 14.7 Å². The van der Waals surface area contributed by atoms with E-state index in [0.29, 0.717) is 0 Å². The van der Waals surface area contributed by atoms with Crippen LogP contribution in [-0.2, 0) is 9.59 Å². The largest absolute Gasteiger partial charge is 0.480 e. The number of rotatable bonds is 3. The molecule has 1 aliphatic heterocycles. The van der Waals surface area contributed by atoms with Crippen LogP contribution in [0.5, 0.6) is 0 Å². The van der Waals surface area contributed by atoms with Crippen LogP contribution in [0.4, 0.5) is 0 Å². The monoisotopic (exact) mass is 222 g/mol. The number of aliphatic carboxylic acids is 1. The number of hydrogen-bond acceptors (Lipinski definition) is 3. The van der Waals surface area contributed by atoms with Gasteiger partial charge in [0.25, 0.3) is 0 Å². The van der Waals surface area contributed by atoms with Gasteiger partial charge < -0.3 is 15.7 Å². The van der Waals surface area contributed by atoms with Gasteiger partial charge in [-0.2, -0.15) is 0 Å². The number of carboxylic acids is 1. The van der Waals surface area contributed by atoms with Gasteiger partial charge in [0.05, 0.1) is 6.04 Å². The van der Waals surface area contributed by atoms with E-state index in [1.807, 2.05) is 0 Å². The Balaban J connectivity index is 0.00000169. The van der Waals surface area contributed by atoms with Crippen molar-refractivity contribution in [1.82, 2.24) is 10.6 Å². The molecule has 3 N–H and O–H groups in total. The normalized spacial score (nSPS) is 22.2. The Morgan fingerprint density at radius 1 is 1.57 bits per heavy atom. The second-order valence-corrected chi connectivity index (χ2v) is 3.22. The average molecular weight is 223 g/mol. The summed E-state index contributed by atoms with van der Waals surface area (Å²) in [7, 11) is 0. The molecule has 1 aliphatic rings. The Kier molecular flexibility index (Phi) is 5.49. The molecular weight excluding hydrogens is 208 g/mol. The van der Waals surface area contributed by atoms with Gasteiger partial charge >= 0.3 is 5.97 Å². The molecule has 0 aliphatic carbocycles. The van der Waals surface area contributed by atoms with Crippen molar-refractivity contribution in [3.8, 4) is 0 Å². The van der Waals surface area contributed by atoms with E-state index in [2.05, 4.69) is 10.6 Å². The van der Waals surface area contributed by atoms with Crippen LogP contribution in [0.15, 0.2) is 0 Å². The first-order valence-corrected chi connectivity index (χ1v) is 4.38. The summed E-state index contributed by atoms with van der Waals surface area (Å²) in [4.78, 5) is 21.7. The fraction of sp³-hybridized carbons (Fsp3) is 0.750. The smallest absolute Gasteiger partial charge is 0.325 e. The van der Waals surface area contributed by atoms with Crippen LogP contribution < -0.4 is 10.6 Å². The molecule has 0 saturated carbocycles. The Hall–Kier alpha value is -0.810. The summed E-state index contributed by atoms with van der Waals surface area (Å²) < 4.78 is 0. The molecule has 0 aromatic rings. The van der Waals surface area contributed by atoms with Gasteiger partial charge in [0.2, 0.25) is 5.91 Å². The third-order valence-corrected chi connectivity index (χ3v) is 2.11. The van der Waals surface area contributed by atoms with Crippen molar-refractivity contribution in [3.63, 3.8) is 0 Å². The summed E-state index contributed by atoms with van der Waals surface area (Å²) in [5, 5.41) is 14.0. The molecule has 1 amide bonds. The van der Waals surface area contributed by atoms with E-state index < -0.39 is 12.0 Å². The van der Waals surface area contributed by atoms with Crippen LogP contribution in [0, 0.1) is 0 Å². The third-order valence-electron chi connectivity index (χ3n) is 2.11. The number of carbonyl (C=O) groups is 2. The van der Waals surface area contributed by atoms with E-state index in [9.17, 15) is 9.59 Å². The molecule has 0 radical (unpaired) electrons. The van der Waals surface area contributed by atoms with Crippen LogP contribution in [0.1, 0.15) is 19.8 Å². The maximum absolute atomic E-state index is 11.3. The molecule has 6 heteroatoms. The number of nitrogens with one attached hydrogen (secondary N) is 2. The highest BCUT2D eigenvalue weighted by Gasteiger charge is 2.24. The number of halogens is 1. The molecule has 0 unspecified atom stereocenters. The number of amides is 1. The minimum Gasteiger partial charge on any atom is -0.480 e. The first-order chi connectivity index (χ1) is 6.11. The van der Waals surface area contributed by atoms with Gasteiger partial charge in [-0.1, -0.05) is 0 Å². The van der Waals surface area contributed by atoms with Crippen LogP contribution in [-0.4, -0.2) is 35.6 Å².